The number of hydrogen-bond donors (Lipinski definition) is 0. The van der Waals surface area contributed by atoms with E-state index in [0.29, 0.717) is 43.0 Å². The lowest BCUT2D eigenvalue weighted by atomic mass is 9.67. The SMILES string of the molecule is C=C(C)C(=O)OCCC1CCC(C2CCC(c3cc(OCCOC(=O)C(C)COC)ccc3-c3ccc(-c4ccc(OCCOC(=O)C(C)COC)cc4)cc3)CC2)CC1. The van der Waals surface area contributed by atoms with E-state index in [1.165, 1.54) is 49.7 Å². The Bertz CT molecular complexity index is 1800. The first kappa shape index (κ1) is 46.4. The summed E-state index contributed by atoms with van der Waals surface area (Å²) in [7, 11) is 3.14. The van der Waals surface area contributed by atoms with Gasteiger partial charge in [0.15, 0.2) is 0 Å². The number of rotatable bonds is 22. The maximum Gasteiger partial charge on any atom is 0.333 e. The molecule has 10 heteroatoms. The fourth-order valence-electron chi connectivity index (χ4n) is 8.63. The van der Waals surface area contributed by atoms with Crippen LogP contribution in [0.3, 0.4) is 0 Å². The molecule has 0 aliphatic heterocycles. The van der Waals surface area contributed by atoms with E-state index >= 15 is 0 Å². The molecule has 326 valence electrons. The van der Waals surface area contributed by atoms with Gasteiger partial charge in [0.1, 0.15) is 37.9 Å². The molecule has 0 saturated heterocycles. The molecule has 2 atom stereocenters. The molecule has 2 fully saturated rings. The van der Waals surface area contributed by atoms with Crippen molar-refractivity contribution in [3.05, 3.63) is 84.4 Å². The molecular formula is C50H66O10. The Kier molecular flexibility index (Phi) is 18.5. The van der Waals surface area contributed by atoms with E-state index in [4.69, 9.17) is 33.2 Å². The molecule has 2 aliphatic rings. The van der Waals surface area contributed by atoms with Gasteiger partial charge in [0.2, 0.25) is 0 Å². The van der Waals surface area contributed by atoms with Crippen molar-refractivity contribution in [3.63, 3.8) is 0 Å². The molecule has 0 heterocycles. The van der Waals surface area contributed by atoms with Gasteiger partial charge in [-0.05, 0) is 141 Å². The van der Waals surface area contributed by atoms with Crippen LogP contribution in [0.4, 0.5) is 0 Å². The topological polar surface area (TPSA) is 116 Å². The molecule has 5 rings (SSSR count). The van der Waals surface area contributed by atoms with Crippen LogP contribution in [0.5, 0.6) is 11.5 Å². The second kappa shape index (κ2) is 23.9. The maximum absolute atomic E-state index is 12.3. The van der Waals surface area contributed by atoms with Crippen LogP contribution in [0, 0.1) is 29.6 Å². The number of carbonyl (C=O) groups excluding carboxylic acids is 3. The minimum atomic E-state index is -0.325. The van der Waals surface area contributed by atoms with Crippen LogP contribution < -0.4 is 9.47 Å². The molecule has 0 N–H and O–H groups in total. The Morgan fingerprint density at radius 1 is 0.600 bits per heavy atom. The Balaban J connectivity index is 1.20. The molecule has 10 nitrogen and oxygen atoms in total. The maximum atomic E-state index is 12.3. The average Bonchev–Trinajstić information content (AvgIpc) is 3.27. The van der Waals surface area contributed by atoms with E-state index in [1.54, 1.807) is 35.0 Å². The monoisotopic (exact) mass is 826 g/mol. The number of hydrogen-bond acceptors (Lipinski definition) is 10. The van der Waals surface area contributed by atoms with Crippen LogP contribution in [0.25, 0.3) is 22.3 Å². The van der Waals surface area contributed by atoms with Crippen molar-refractivity contribution < 1.29 is 47.5 Å². The predicted molar refractivity (Wildman–Crippen MR) is 233 cm³/mol. The molecule has 0 bridgehead atoms. The highest BCUT2D eigenvalue weighted by Gasteiger charge is 2.32. The van der Waals surface area contributed by atoms with Crippen molar-refractivity contribution in [3.8, 4) is 33.8 Å². The summed E-state index contributed by atoms with van der Waals surface area (Å²) >= 11 is 0. The van der Waals surface area contributed by atoms with E-state index < -0.39 is 0 Å². The molecule has 60 heavy (non-hydrogen) atoms. The third-order valence-electron chi connectivity index (χ3n) is 12.1. The van der Waals surface area contributed by atoms with Gasteiger partial charge in [-0.3, -0.25) is 9.59 Å². The molecule has 0 amide bonds. The largest absolute Gasteiger partial charge is 0.490 e. The van der Waals surface area contributed by atoms with Gasteiger partial charge in [0.25, 0.3) is 0 Å². The molecule has 3 aromatic rings. The minimum Gasteiger partial charge on any atom is -0.490 e. The van der Waals surface area contributed by atoms with Gasteiger partial charge in [0.05, 0.1) is 31.7 Å². The van der Waals surface area contributed by atoms with Gasteiger partial charge in [-0.1, -0.05) is 61.9 Å². The van der Waals surface area contributed by atoms with E-state index in [0.717, 1.165) is 53.5 Å². The summed E-state index contributed by atoms with van der Waals surface area (Å²) in [5.74, 6) is 2.52. The summed E-state index contributed by atoms with van der Waals surface area (Å²) < 4.78 is 38.2. The van der Waals surface area contributed by atoms with Gasteiger partial charge in [-0.25, -0.2) is 4.79 Å². The Labute approximate surface area is 357 Å². The fraction of sp³-hybridized carbons (Fsp3) is 0.540. The van der Waals surface area contributed by atoms with Crippen LogP contribution in [0.1, 0.15) is 90.0 Å². The number of benzene rings is 3. The fourth-order valence-corrected chi connectivity index (χ4v) is 8.63. The van der Waals surface area contributed by atoms with E-state index in [1.807, 2.05) is 30.3 Å². The lowest BCUT2D eigenvalue weighted by Crippen LogP contribution is -2.26. The quantitative estimate of drug-likeness (QED) is 0.0420. The minimum absolute atomic E-state index is 0.176. The highest BCUT2D eigenvalue weighted by atomic mass is 16.6. The van der Waals surface area contributed by atoms with Crippen molar-refractivity contribution in [2.75, 3.05) is 60.5 Å². The molecular weight excluding hydrogens is 761 g/mol. The van der Waals surface area contributed by atoms with Gasteiger partial charge in [-0.2, -0.15) is 0 Å². The first-order valence-electron chi connectivity index (χ1n) is 21.8. The zero-order chi connectivity index (χ0) is 42.9. The predicted octanol–water partition coefficient (Wildman–Crippen LogP) is 10.0. The van der Waals surface area contributed by atoms with Crippen molar-refractivity contribution >= 4 is 17.9 Å². The van der Waals surface area contributed by atoms with Crippen LogP contribution in [0.2, 0.25) is 0 Å². The van der Waals surface area contributed by atoms with Crippen molar-refractivity contribution in [1.82, 2.24) is 0 Å². The summed E-state index contributed by atoms with van der Waals surface area (Å²) in [6.07, 6.45) is 10.6. The standard InChI is InChI=1S/C50H66O10/c1-34(2)48(51)58-26-25-37-7-9-38(10-8-37)39-13-17-43(18-14-39)47-31-45(57-28-30-60-50(53)36(4)33-55-6)23-24-46(47)42-15-11-40(12-16-42)41-19-21-44(22-20-41)56-27-29-59-49(52)35(3)32-54-5/h11-12,15-16,19-24,31,35-39,43H,1,7-10,13-14,17-18,25-30,32-33H2,2-6H3. The lowest BCUT2D eigenvalue weighted by molar-refractivity contribution is -0.151. The molecule has 0 aromatic heterocycles. The molecule has 3 aromatic carbocycles. The number of carbonyl (C=O) groups is 3. The summed E-state index contributed by atoms with van der Waals surface area (Å²) in [5.41, 5.74) is 6.31. The second-order valence-electron chi connectivity index (χ2n) is 16.7. The highest BCUT2D eigenvalue weighted by molar-refractivity contribution is 5.86. The molecule has 0 radical (unpaired) electrons. The number of esters is 3. The lowest BCUT2D eigenvalue weighted by Gasteiger charge is -2.38. The van der Waals surface area contributed by atoms with Crippen LogP contribution in [-0.4, -0.2) is 78.4 Å². The Morgan fingerprint density at radius 2 is 1.08 bits per heavy atom. The van der Waals surface area contributed by atoms with Crippen LogP contribution in [0.15, 0.2) is 78.9 Å². The van der Waals surface area contributed by atoms with E-state index in [2.05, 4.69) is 43.0 Å². The summed E-state index contributed by atoms with van der Waals surface area (Å²) in [5, 5.41) is 0. The first-order chi connectivity index (χ1) is 29.1. The normalized spacial score (nSPS) is 20.0. The van der Waals surface area contributed by atoms with Gasteiger partial charge >= 0.3 is 17.9 Å². The van der Waals surface area contributed by atoms with Gasteiger partial charge < -0.3 is 33.2 Å². The number of ether oxygens (including phenoxy) is 7. The van der Waals surface area contributed by atoms with Gasteiger partial charge in [0, 0.05) is 19.8 Å². The second-order valence-corrected chi connectivity index (χ2v) is 16.7. The van der Waals surface area contributed by atoms with Crippen molar-refractivity contribution in [2.24, 2.45) is 29.6 Å². The van der Waals surface area contributed by atoms with E-state index in [-0.39, 0.29) is 56.2 Å². The third-order valence-corrected chi connectivity index (χ3v) is 12.1. The zero-order valence-electron chi connectivity index (χ0n) is 36.4. The Hall–Kier alpha value is -4.67. The van der Waals surface area contributed by atoms with Crippen LogP contribution >= 0.6 is 0 Å². The smallest absolute Gasteiger partial charge is 0.333 e. The average molecular weight is 827 g/mol. The van der Waals surface area contributed by atoms with Gasteiger partial charge in [-0.15, -0.1) is 0 Å². The first-order valence-corrected chi connectivity index (χ1v) is 21.8. The summed E-state index contributed by atoms with van der Waals surface area (Å²) in [6.45, 7) is 11.0. The Morgan fingerprint density at radius 3 is 1.62 bits per heavy atom. The molecule has 2 unspecified atom stereocenters. The summed E-state index contributed by atoms with van der Waals surface area (Å²) in [4.78, 5) is 36.1. The van der Waals surface area contributed by atoms with Crippen molar-refractivity contribution in [1.29, 1.82) is 0 Å². The summed E-state index contributed by atoms with van der Waals surface area (Å²) in [6, 6.07) is 23.1. The third kappa shape index (κ3) is 13.9. The molecule has 0 spiro atoms. The molecule has 2 saturated carbocycles. The van der Waals surface area contributed by atoms with Crippen LogP contribution in [-0.2, 0) is 38.1 Å². The zero-order valence-corrected chi connectivity index (χ0v) is 36.4. The van der Waals surface area contributed by atoms with Crippen molar-refractivity contribution in [2.45, 2.75) is 84.5 Å². The van der Waals surface area contributed by atoms with E-state index in [9.17, 15) is 14.4 Å². The number of methoxy groups -OCH3 is 2. The molecule has 2 aliphatic carbocycles. The highest BCUT2D eigenvalue weighted by Crippen LogP contribution is 2.46.